The molecule has 0 saturated heterocycles. The number of benzene rings is 3. The van der Waals surface area contributed by atoms with Crippen molar-refractivity contribution in [2.75, 3.05) is 6.54 Å². The molecule has 0 aliphatic carbocycles. The molecule has 0 spiro atoms. The highest BCUT2D eigenvalue weighted by Gasteiger charge is 2.11. The molecule has 0 heterocycles. The summed E-state index contributed by atoms with van der Waals surface area (Å²) >= 11 is 0. The van der Waals surface area contributed by atoms with Gasteiger partial charge in [0.2, 0.25) is 0 Å². The third kappa shape index (κ3) is 6.36. The van der Waals surface area contributed by atoms with Gasteiger partial charge in [-0.3, -0.25) is 0 Å². The van der Waals surface area contributed by atoms with Crippen LogP contribution in [0.25, 0.3) is 21.5 Å². The zero-order chi connectivity index (χ0) is 17.5. The third-order valence-electron chi connectivity index (χ3n) is 5.13. The zero-order valence-electron chi connectivity index (χ0n) is 15.9. The fourth-order valence-corrected chi connectivity index (χ4v) is 3.77. The predicted octanol–water partition coefficient (Wildman–Crippen LogP) is 6.01. The summed E-state index contributed by atoms with van der Waals surface area (Å²) in [6.45, 7) is 0.813. The van der Waals surface area contributed by atoms with Gasteiger partial charge in [-0.2, -0.15) is 0 Å². The molecule has 27 heavy (non-hydrogen) atoms. The maximum absolute atomic E-state index is 6.51. The summed E-state index contributed by atoms with van der Waals surface area (Å²) in [5, 5.41) is 5.31. The van der Waals surface area contributed by atoms with Crippen LogP contribution in [0.4, 0.5) is 0 Å². The van der Waals surface area contributed by atoms with Crippen LogP contribution in [0.2, 0.25) is 0 Å². The summed E-state index contributed by atoms with van der Waals surface area (Å²) in [5.74, 6) is 0. The first-order chi connectivity index (χ1) is 12.3. The molecule has 4 N–H and O–H groups in total. The molecule has 3 aromatic rings. The Hall–Kier alpha value is -1.32. The molecule has 3 rings (SSSR count). The fourth-order valence-electron chi connectivity index (χ4n) is 3.77. The van der Waals surface area contributed by atoms with Crippen molar-refractivity contribution in [1.29, 1.82) is 0 Å². The van der Waals surface area contributed by atoms with Crippen LogP contribution in [0.5, 0.6) is 0 Å². The normalized spacial score (nSPS) is 11.8. The van der Waals surface area contributed by atoms with Crippen LogP contribution in [0.1, 0.15) is 44.1 Å². The van der Waals surface area contributed by atoms with E-state index < -0.39 is 0 Å². The number of halogens is 2. The zero-order valence-corrected chi connectivity index (χ0v) is 17.5. The Morgan fingerprint density at radius 1 is 0.704 bits per heavy atom. The molecule has 0 aromatic heterocycles. The molecular weight excluding hydrogens is 375 g/mol. The number of fused-ring (bicyclic) bond motifs is 2. The average Bonchev–Trinajstić information content (AvgIpc) is 2.64. The molecule has 1 unspecified atom stereocenters. The van der Waals surface area contributed by atoms with Crippen molar-refractivity contribution in [1.82, 2.24) is 0 Å². The summed E-state index contributed by atoms with van der Waals surface area (Å²) in [6.07, 6.45) is 8.21. The molecule has 0 radical (unpaired) electrons. The van der Waals surface area contributed by atoms with E-state index in [-0.39, 0.29) is 30.9 Å². The Morgan fingerprint density at radius 3 is 1.81 bits per heavy atom. The monoisotopic (exact) mass is 406 g/mol. The summed E-state index contributed by atoms with van der Waals surface area (Å²) in [6, 6.07) is 19.9. The van der Waals surface area contributed by atoms with Crippen molar-refractivity contribution in [3.8, 4) is 0 Å². The molecule has 0 saturated carbocycles. The summed E-state index contributed by atoms with van der Waals surface area (Å²) in [5.41, 5.74) is 13.5. The van der Waals surface area contributed by atoms with Gasteiger partial charge in [-0.15, -0.1) is 24.8 Å². The molecule has 0 bridgehead atoms. The van der Waals surface area contributed by atoms with Gasteiger partial charge in [-0.1, -0.05) is 74.2 Å². The Labute approximate surface area is 175 Å². The molecular formula is C23H32Cl2N2. The summed E-state index contributed by atoms with van der Waals surface area (Å²) in [7, 11) is 0. The van der Waals surface area contributed by atoms with Crippen molar-refractivity contribution in [3.63, 3.8) is 0 Å². The van der Waals surface area contributed by atoms with Crippen molar-refractivity contribution >= 4 is 46.4 Å². The van der Waals surface area contributed by atoms with Gasteiger partial charge in [0.15, 0.2) is 0 Å². The third-order valence-corrected chi connectivity index (χ3v) is 5.13. The number of rotatable bonds is 9. The summed E-state index contributed by atoms with van der Waals surface area (Å²) < 4.78 is 0. The maximum Gasteiger partial charge on any atom is 0.00797 e. The van der Waals surface area contributed by atoms with E-state index in [1.165, 1.54) is 52.8 Å². The molecule has 1 atom stereocenters. The van der Waals surface area contributed by atoms with Crippen molar-refractivity contribution in [2.45, 2.75) is 51.0 Å². The van der Waals surface area contributed by atoms with E-state index in [1.807, 2.05) is 0 Å². The topological polar surface area (TPSA) is 52.0 Å². The molecule has 0 fully saturated rings. The molecule has 0 aliphatic rings. The van der Waals surface area contributed by atoms with Gasteiger partial charge >= 0.3 is 0 Å². The molecule has 148 valence electrons. The van der Waals surface area contributed by atoms with Crippen LogP contribution in [-0.4, -0.2) is 12.6 Å². The Bertz CT molecular complexity index is 766. The smallest absolute Gasteiger partial charge is 0.00797 e. The lowest BCUT2D eigenvalue weighted by Gasteiger charge is -2.16. The van der Waals surface area contributed by atoms with E-state index in [2.05, 4.69) is 54.6 Å². The van der Waals surface area contributed by atoms with Crippen molar-refractivity contribution < 1.29 is 0 Å². The largest absolute Gasteiger partial charge is 0.330 e. The van der Waals surface area contributed by atoms with Gasteiger partial charge in [-0.25, -0.2) is 0 Å². The Balaban J connectivity index is 0.00000182. The van der Waals surface area contributed by atoms with Crippen LogP contribution < -0.4 is 11.5 Å². The fraction of sp³-hybridized carbons (Fsp3) is 0.391. The molecule has 4 heteroatoms. The number of hydrogen-bond acceptors (Lipinski definition) is 2. The number of hydrogen-bond donors (Lipinski definition) is 2. The second-order valence-corrected chi connectivity index (χ2v) is 7.11. The van der Waals surface area contributed by atoms with Crippen LogP contribution >= 0.6 is 24.8 Å². The summed E-state index contributed by atoms with van der Waals surface area (Å²) in [4.78, 5) is 0. The quantitative estimate of drug-likeness (QED) is 0.337. The first-order valence-electron chi connectivity index (χ1n) is 9.64. The van der Waals surface area contributed by atoms with Gasteiger partial charge in [-0.05, 0) is 59.0 Å². The van der Waals surface area contributed by atoms with Gasteiger partial charge in [0.1, 0.15) is 0 Å². The Morgan fingerprint density at radius 2 is 1.22 bits per heavy atom. The van der Waals surface area contributed by atoms with Gasteiger partial charge in [0.25, 0.3) is 0 Å². The lowest BCUT2D eigenvalue weighted by molar-refractivity contribution is 0.537. The van der Waals surface area contributed by atoms with Crippen LogP contribution in [0, 0.1) is 0 Å². The van der Waals surface area contributed by atoms with Crippen LogP contribution in [0.3, 0.4) is 0 Å². The van der Waals surface area contributed by atoms with Gasteiger partial charge in [0.05, 0.1) is 0 Å². The minimum absolute atomic E-state index is 0. The van der Waals surface area contributed by atoms with Crippen molar-refractivity contribution in [2.24, 2.45) is 11.5 Å². The maximum atomic E-state index is 6.51. The average molecular weight is 407 g/mol. The predicted molar refractivity (Wildman–Crippen MR) is 124 cm³/mol. The first kappa shape index (κ1) is 23.7. The van der Waals surface area contributed by atoms with E-state index in [0.29, 0.717) is 0 Å². The van der Waals surface area contributed by atoms with E-state index in [9.17, 15) is 0 Å². The standard InChI is InChI=1S/C23H30N2.2ClH/c24-15-9-3-1-2-4-12-20(25)17-23-21-13-7-5-10-18(21)16-19-11-6-8-14-22(19)23;;/h5-8,10-11,13-14,16,20H,1-4,9,12,15,17,24-25H2;2*1H. The molecule has 0 aliphatic heterocycles. The van der Waals surface area contributed by atoms with Gasteiger partial charge in [0, 0.05) is 6.04 Å². The van der Waals surface area contributed by atoms with Crippen LogP contribution in [-0.2, 0) is 6.42 Å². The van der Waals surface area contributed by atoms with E-state index >= 15 is 0 Å². The minimum Gasteiger partial charge on any atom is -0.330 e. The minimum atomic E-state index is 0. The van der Waals surface area contributed by atoms with Crippen LogP contribution in [0.15, 0.2) is 54.6 Å². The Kier molecular flexibility index (Phi) is 10.7. The second-order valence-electron chi connectivity index (χ2n) is 7.11. The second kappa shape index (κ2) is 12.2. The molecule has 3 aromatic carbocycles. The highest BCUT2D eigenvalue weighted by Crippen LogP contribution is 2.29. The van der Waals surface area contributed by atoms with Gasteiger partial charge < -0.3 is 11.5 Å². The molecule has 2 nitrogen and oxygen atoms in total. The lowest BCUT2D eigenvalue weighted by atomic mass is 9.91. The van der Waals surface area contributed by atoms with Crippen molar-refractivity contribution in [3.05, 3.63) is 60.2 Å². The first-order valence-corrected chi connectivity index (χ1v) is 9.64. The van der Waals surface area contributed by atoms with E-state index in [1.54, 1.807) is 0 Å². The van der Waals surface area contributed by atoms with E-state index in [4.69, 9.17) is 11.5 Å². The number of nitrogens with two attached hydrogens (primary N) is 2. The highest BCUT2D eigenvalue weighted by atomic mass is 35.5. The van der Waals surface area contributed by atoms with E-state index in [0.717, 1.165) is 25.8 Å². The molecule has 0 amide bonds. The SMILES string of the molecule is Cl.Cl.NCCCCCCCC(N)Cc1c2ccccc2cc2ccccc12. The lowest BCUT2D eigenvalue weighted by Crippen LogP contribution is -2.23. The highest BCUT2D eigenvalue weighted by molar-refractivity contribution is 6.02. The number of unbranched alkanes of at least 4 members (excludes halogenated alkanes) is 4.